The summed E-state index contributed by atoms with van der Waals surface area (Å²) in [4.78, 5) is 15.3. The van der Waals surface area contributed by atoms with Crippen molar-refractivity contribution in [3.63, 3.8) is 0 Å². The smallest absolute Gasteiger partial charge is 0.347 e. The molecule has 0 unspecified atom stereocenters. The molecule has 0 aliphatic rings. The topological polar surface area (TPSA) is 59.4 Å². The van der Waals surface area contributed by atoms with Crippen molar-refractivity contribution in [1.29, 1.82) is 0 Å². The highest BCUT2D eigenvalue weighted by atomic mass is 32.1. The first-order valence-corrected chi connectivity index (χ1v) is 6.33. The summed E-state index contributed by atoms with van der Waals surface area (Å²) in [7, 11) is 1.46. The third kappa shape index (κ3) is 2.80. The van der Waals surface area contributed by atoms with Crippen LogP contribution in [0.3, 0.4) is 0 Å². The summed E-state index contributed by atoms with van der Waals surface area (Å²) in [5.41, 5.74) is 1.42. The van der Waals surface area contributed by atoms with Crippen LogP contribution in [0.4, 0.5) is 4.39 Å². The number of methoxy groups -OCH3 is 1. The van der Waals surface area contributed by atoms with Crippen LogP contribution in [0.5, 0.6) is 0 Å². The lowest BCUT2D eigenvalue weighted by Gasteiger charge is -1.99. The largest absolute Gasteiger partial charge is 0.477 e. The normalized spacial score (nSPS) is 10.7. The molecule has 0 spiro atoms. The number of rotatable bonds is 4. The van der Waals surface area contributed by atoms with Gasteiger partial charge in [-0.15, -0.1) is 11.3 Å². The van der Waals surface area contributed by atoms with E-state index in [9.17, 15) is 9.18 Å². The van der Waals surface area contributed by atoms with Crippen molar-refractivity contribution in [3.05, 3.63) is 40.2 Å². The van der Waals surface area contributed by atoms with E-state index in [1.807, 2.05) is 0 Å². The zero-order chi connectivity index (χ0) is 14.0. The molecule has 19 heavy (non-hydrogen) atoms. The van der Waals surface area contributed by atoms with Gasteiger partial charge in [-0.1, -0.05) is 6.07 Å². The maximum Gasteiger partial charge on any atom is 0.347 e. The van der Waals surface area contributed by atoms with Crippen LogP contribution in [0.15, 0.2) is 18.2 Å². The predicted molar refractivity (Wildman–Crippen MR) is 69.9 cm³/mol. The highest BCUT2D eigenvalue weighted by molar-refractivity contribution is 7.17. The fourth-order valence-corrected chi connectivity index (χ4v) is 2.60. The molecule has 2 rings (SSSR count). The second-order valence-corrected chi connectivity index (χ2v) is 5.02. The van der Waals surface area contributed by atoms with Gasteiger partial charge in [0.1, 0.15) is 15.7 Å². The first kappa shape index (κ1) is 13.6. The van der Waals surface area contributed by atoms with E-state index in [2.05, 4.69) is 4.98 Å². The van der Waals surface area contributed by atoms with Crippen molar-refractivity contribution in [1.82, 2.24) is 4.98 Å². The average Bonchev–Trinajstić information content (AvgIpc) is 2.73. The Bertz CT molecular complexity index is 624. The van der Waals surface area contributed by atoms with E-state index < -0.39 is 11.8 Å². The Morgan fingerprint density at radius 1 is 1.53 bits per heavy atom. The average molecular weight is 281 g/mol. The lowest BCUT2D eigenvalue weighted by atomic mass is 10.1. The highest BCUT2D eigenvalue weighted by Crippen LogP contribution is 2.30. The maximum absolute atomic E-state index is 13.9. The van der Waals surface area contributed by atoms with Crippen LogP contribution in [0, 0.1) is 12.7 Å². The Balaban J connectivity index is 2.50. The molecule has 100 valence electrons. The molecular weight excluding hydrogens is 269 g/mol. The van der Waals surface area contributed by atoms with E-state index in [1.165, 1.54) is 13.2 Å². The van der Waals surface area contributed by atoms with Crippen LogP contribution in [0.1, 0.15) is 20.9 Å². The SMILES string of the molecule is COCc1nc(-c2ccc(C)cc2F)sc1C(=O)O. The van der Waals surface area contributed by atoms with E-state index >= 15 is 0 Å². The van der Waals surface area contributed by atoms with Gasteiger partial charge < -0.3 is 9.84 Å². The molecule has 1 N–H and O–H groups in total. The number of carbonyl (C=O) groups is 1. The van der Waals surface area contributed by atoms with Crippen molar-refractivity contribution in [3.8, 4) is 10.6 Å². The number of nitrogens with zero attached hydrogens (tertiary/aromatic N) is 1. The van der Waals surface area contributed by atoms with Crippen molar-refractivity contribution in [2.24, 2.45) is 0 Å². The Morgan fingerprint density at radius 2 is 2.26 bits per heavy atom. The van der Waals surface area contributed by atoms with Crippen LogP contribution >= 0.6 is 11.3 Å². The van der Waals surface area contributed by atoms with Crippen LogP contribution < -0.4 is 0 Å². The van der Waals surface area contributed by atoms with Crippen molar-refractivity contribution >= 4 is 17.3 Å². The molecule has 6 heteroatoms. The van der Waals surface area contributed by atoms with E-state index in [1.54, 1.807) is 19.1 Å². The number of aromatic carboxylic acids is 1. The van der Waals surface area contributed by atoms with Crippen molar-refractivity contribution < 1.29 is 19.0 Å². The monoisotopic (exact) mass is 281 g/mol. The molecule has 0 aliphatic carbocycles. The van der Waals surface area contributed by atoms with Gasteiger partial charge in [0, 0.05) is 12.7 Å². The zero-order valence-electron chi connectivity index (χ0n) is 10.4. The molecule has 0 aliphatic heterocycles. The van der Waals surface area contributed by atoms with Crippen LogP contribution in [-0.4, -0.2) is 23.2 Å². The standard InChI is InChI=1S/C13H12FNO3S/c1-7-3-4-8(9(14)5-7)12-15-10(6-18-2)11(19-12)13(16)17/h3-5H,6H2,1-2H3,(H,16,17). The number of aromatic nitrogens is 1. The van der Waals surface area contributed by atoms with Crippen LogP contribution in [-0.2, 0) is 11.3 Å². The van der Waals surface area contributed by atoms with Crippen molar-refractivity contribution in [2.45, 2.75) is 13.5 Å². The third-order valence-electron chi connectivity index (χ3n) is 2.53. The molecule has 0 saturated carbocycles. The molecule has 1 aromatic heterocycles. The number of carboxylic acids is 1. The molecular formula is C13H12FNO3S. The number of ether oxygens (including phenoxy) is 1. The minimum atomic E-state index is -1.08. The number of benzene rings is 1. The van der Waals surface area contributed by atoms with Gasteiger partial charge in [-0.05, 0) is 24.6 Å². The van der Waals surface area contributed by atoms with E-state index in [-0.39, 0.29) is 11.5 Å². The van der Waals surface area contributed by atoms with Gasteiger partial charge in [-0.3, -0.25) is 0 Å². The number of hydrogen-bond acceptors (Lipinski definition) is 4. The Labute approximate surface area is 113 Å². The van der Waals surface area contributed by atoms with E-state index in [4.69, 9.17) is 9.84 Å². The molecule has 0 atom stereocenters. The number of aryl methyl sites for hydroxylation is 1. The van der Waals surface area contributed by atoms with Crippen LogP contribution in [0.2, 0.25) is 0 Å². The molecule has 1 aromatic carbocycles. The van der Waals surface area contributed by atoms with Gasteiger partial charge in [-0.2, -0.15) is 0 Å². The highest BCUT2D eigenvalue weighted by Gasteiger charge is 2.19. The zero-order valence-corrected chi connectivity index (χ0v) is 11.3. The van der Waals surface area contributed by atoms with Gasteiger partial charge in [-0.25, -0.2) is 14.2 Å². The summed E-state index contributed by atoms with van der Waals surface area (Å²) in [5.74, 6) is -1.49. The second kappa shape index (κ2) is 5.46. The molecule has 4 nitrogen and oxygen atoms in total. The van der Waals surface area contributed by atoms with Gasteiger partial charge in [0.05, 0.1) is 12.3 Å². The summed E-state index contributed by atoms with van der Waals surface area (Å²) in [6.45, 7) is 1.87. The van der Waals surface area contributed by atoms with Crippen LogP contribution in [0.25, 0.3) is 10.6 Å². The van der Waals surface area contributed by atoms with Gasteiger partial charge in [0.15, 0.2) is 0 Å². The minimum Gasteiger partial charge on any atom is -0.477 e. The summed E-state index contributed by atoms with van der Waals surface area (Å²) >= 11 is 0.950. The lowest BCUT2D eigenvalue weighted by molar-refractivity contribution is 0.0697. The summed E-state index contributed by atoms with van der Waals surface area (Å²) in [5, 5.41) is 9.44. The third-order valence-corrected chi connectivity index (χ3v) is 3.65. The van der Waals surface area contributed by atoms with Gasteiger partial charge in [0.2, 0.25) is 0 Å². The number of thiazole rings is 1. The Kier molecular flexibility index (Phi) is 3.92. The Hall–Kier alpha value is -1.79. The molecule has 2 aromatic rings. The molecule has 0 amide bonds. The van der Waals surface area contributed by atoms with Crippen molar-refractivity contribution in [2.75, 3.05) is 7.11 Å². The Morgan fingerprint density at radius 3 is 2.84 bits per heavy atom. The van der Waals surface area contributed by atoms with Gasteiger partial charge in [0.25, 0.3) is 0 Å². The summed E-state index contributed by atoms with van der Waals surface area (Å²) < 4.78 is 18.8. The molecule has 0 bridgehead atoms. The second-order valence-electron chi connectivity index (χ2n) is 4.02. The lowest BCUT2D eigenvalue weighted by Crippen LogP contribution is -1.99. The molecule has 0 saturated heterocycles. The molecule has 0 fully saturated rings. The summed E-state index contributed by atoms with van der Waals surface area (Å²) in [6.07, 6.45) is 0. The fraction of sp³-hybridized carbons (Fsp3) is 0.231. The first-order valence-electron chi connectivity index (χ1n) is 5.51. The number of halogens is 1. The number of hydrogen-bond donors (Lipinski definition) is 1. The van der Waals surface area contributed by atoms with E-state index in [0.717, 1.165) is 16.9 Å². The maximum atomic E-state index is 13.9. The first-order chi connectivity index (χ1) is 9.02. The number of carboxylic acid groups (broad SMARTS) is 1. The fourth-order valence-electron chi connectivity index (χ4n) is 1.66. The summed E-state index contributed by atoms with van der Waals surface area (Å²) in [6, 6.07) is 4.76. The van der Waals surface area contributed by atoms with Gasteiger partial charge >= 0.3 is 5.97 Å². The van der Waals surface area contributed by atoms with E-state index in [0.29, 0.717) is 16.3 Å². The quantitative estimate of drug-likeness (QED) is 0.935. The molecule has 0 radical (unpaired) electrons. The molecule has 1 heterocycles. The predicted octanol–water partition coefficient (Wildman–Crippen LogP) is 3.10. The minimum absolute atomic E-state index is 0.0804.